The van der Waals surface area contributed by atoms with Gasteiger partial charge in [-0.25, -0.2) is 0 Å². The first-order valence-corrected chi connectivity index (χ1v) is 6.57. The molecule has 1 aromatic carbocycles. The van der Waals surface area contributed by atoms with Crippen LogP contribution in [-0.4, -0.2) is 36.3 Å². The summed E-state index contributed by atoms with van der Waals surface area (Å²) in [6, 6.07) is 5.40. The minimum Gasteiger partial charge on any atom is -0.409 e. The zero-order valence-corrected chi connectivity index (χ0v) is 11.8. The maximum absolute atomic E-state index is 8.88. The second kappa shape index (κ2) is 5.67. The minimum atomic E-state index is 0.0595. The summed E-state index contributed by atoms with van der Waals surface area (Å²) in [5.74, 6) is 0.0595. The predicted octanol–water partition coefficient (Wildman–Crippen LogP) is 2.05. The number of amidine groups is 1. The average Bonchev–Trinajstić information content (AvgIpc) is 2.36. The molecular weight excluding hydrogens is 266 g/mol. The van der Waals surface area contributed by atoms with E-state index in [1.807, 2.05) is 19.9 Å². The molecule has 1 fully saturated rings. The Morgan fingerprint density at radius 2 is 2.05 bits per heavy atom. The van der Waals surface area contributed by atoms with E-state index in [9.17, 15) is 0 Å². The highest BCUT2D eigenvalue weighted by molar-refractivity contribution is 6.31. The Balaban J connectivity index is 2.38. The number of hydrogen-bond acceptors (Lipinski definition) is 4. The van der Waals surface area contributed by atoms with Gasteiger partial charge in [-0.2, -0.15) is 0 Å². The van der Waals surface area contributed by atoms with Crippen molar-refractivity contribution in [1.29, 1.82) is 0 Å². The molecule has 2 atom stereocenters. The van der Waals surface area contributed by atoms with E-state index >= 15 is 0 Å². The molecule has 0 amide bonds. The molecule has 0 radical (unpaired) electrons. The van der Waals surface area contributed by atoms with E-state index in [1.54, 1.807) is 12.1 Å². The Morgan fingerprint density at radius 3 is 2.63 bits per heavy atom. The van der Waals surface area contributed by atoms with Gasteiger partial charge in [0, 0.05) is 29.4 Å². The van der Waals surface area contributed by atoms with Crippen LogP contribution in [0, 0.1) is 0 Å². The molecule has 0 spiro atoms. The van der Waals surface area contributed by atoms with Crippen molar-refractivity contribution >= 4 is 23.1 Å². The van der Waals surface area contributed by atoms with Crippen molar-refractivity contribution in [2.24, 2.45) is 10.9 Å². The molecule has 0 saturated carbocycles. The highest BCUT2D eigenvalue weighted by atomic mass is 35.5. The number of anilines is 1. The molecule has 1 heterocycles. The number of ether oxygens (including phenoxy) is 1. The van der Waals surface area contributed by atoms with Crippen LogP contribution in [0.25, 0.3) is 0 Å². The van der Waals surface area contributed by atoms with E-state index in [2.05, 4.69) is 10.1 Å². The van der Waals surface area contributed by atoms with Crippen LogP contribution < -0.4 is 10.6 Å². The quantitative estimate of drug-likeness (QED) is 0.377. The third-order valence-corrected chi connectivity index (χ3v) is 3.34. The van der Waals surface area contributed by atoms with Gasteiger partial charge in [0.15, 0.2) is 5.84 Å². The van der Waals surface area contributed by atoms with Crippen LogP contribution in [0.1, 0.15) is 19.4 Å². The molecule has 1 aliphatic heterocycles. The molecule has 2 rings (SSSR count). The lowest BCUT2D eigenvalue weighted by Crippen LogP contribution is -2.46. The molecule has 0 aliphatic carbocycles. The van der Waals surface area contributed by atoms with Crippen LogP contribution in [0.3, 0.4) is 0 Å². The highest BCUT2D eigenvalue weighted by Gasteiger charge is 2.24. The van der Waals surface area contributed by atoms with Crippen LogP contribution in [0.5, 0.6) is 0 Å². The first-order valence-electron chi connectivity index (χ1n) is 6.19. The fourth-order valence-electron chi connectivity index (χ4n) is 2.42. The van der Waals surface area contributed by atoms with E-state index in [0.717, 1.165) is 18.8 Å². The summed E-state index contributed by atoms with van der Waals surface area (Å²) in [6.45, 7) is 5.58. The van der Waals surface area contributed by atoms with Gasteiger partial charge >= 0.3 is 0 Å². The normalized spacial score (nSPS) is 24.6. The Morgan fingerprint density at radius 1 is 1.42 bits per heavy atom. The number of morpholine rings is 1. The summed E-state index contributed by atoms with van der Waals surface area (Å²) >= 11 is 5.98. The standard InChI is InChI=1S/C13H18ClN3O2/c1-8-6-17(7-9(2)19-8)12-4-3-10(14)5-11(12)13(15)16-18/h3-5,8-9,18H,6-7H2,1-2H3,(H2,15,16). The second-order valence-electron chi connectivity index (χ2n) is 4.81. The van der Waals surface area contributed by atoms with Crippen LogP contribution >= 0.6 is 11.6 Å². The van der Waals surface area contributed by atoms with Crippen molar-refractivity contribution in [3.05, 3.63) is 28.8 Å². The molecule has 19 heavy (non-hydrogen) atoms. The van der Waals surface area contributed by atoms with Gasteiger partial charge in [-0.1, -0.05) is 16.8 Å². The molecule has 5 nitrogen and oxygen atoms in total. The van der Waals surface area contributed by atoms with Crippen molar-refractivity contribution in [2.75, 3.05) is 18.0 Å². The van der Waals surface area contributed by atoms with Crippen molar-refractivity contribution < 1.29 is 9.94 Å². The number of oxime groups is 1. The molecule has 2 unspecified atom stereocenters. The highest BCUT2D eigenvalue weighted by Crippen LogP contribution is 2.27. The van der Waals surface area contributed by atoms with E-state index < -0.39 is 0 Å². The summed E-state index contributed by atoms with van der Waals surface area (Å²) in [5, 5.41) is 12.5. The lowest BCUT2D eigenvalue weighted by molar-refractivity contribution is -0.00522. The topological polar surface area (TPSA) is 71.1 Å². The van der Waals surface area contributed by atoms with Gasteiger partial charge in [0.25, 0.3) is 0 Å². The lowest BCUT2D eigenvalue weighted by Gasteiger charge is -2.37. The maximum atomic E-state index is 8.88. The van der Waals surface area contributed by atoms with Gasteiger partial charge in [0.1, 0.15) is 0 Å². The van der Waals surface area contributed by atoms with Gasteiger partial charge in [0.2, 0.25) is 0 Å². The predicted molar refractivity (Wildman–Crippen MR) is 76.2 cm³/mol. The number of nitrogens with zero attached hydrogens (tertiary/aromatic N) is 2. The van der Waals surface area contributed by atoms with Crippen molar-refractivity contribution in [2.45, 2.75) is 26.1 Å². The summed E-state index contributed by atoms with van der Waals surface area (Å²) in [7, 11) is 0. The van der Waals surface area contributed by atoms with E-state index in [-0.39, 0.29) is 18.0 Å². The number of hydrogen-bond donors (Lipinski definition) is 2. The number of rotatable bonds is 2. The molecule has 6 heteroatoms. The third kappa shape index (κ3) is 3.11. The van der Waals surface area contributed by atoms with Crippen molar-refractivity contribution in [3.8, 4) is 0 Å². The number of benzene rings is 1. The van der Waals surface area contributed by atoms with Gasteiger partial charge in [-0.15, -0.1) is 0 Å². The summed E-state index contributed by atoms with van der Waals surface area (Å²) in [4.78, 5) is 2.17. The van der Waals surface area contributed by atoms with Crippen LogP contribution in [0.15, 0.2) is 23.4 Å². The largest absolute Gasteiger partial charge is 0.409 e. The zero-order valence-electron chi connectivity index (χ0n) is 11.0. The number of nitrogens with two attached hydrogens (primary N) is 1. The van der Waals surface area contributed by atoms with Gasteiger partial charge in [0.05, 0.1) is 12.2 Å². The van der Waals surface area contributed by atoms with Crippen LogP contribution in [0.4, 0.5) is 5.69 Å². The Kier molecular flexibility index (Phi) is 4.17. The minimum absolute atomic E-state index is 0.0595. The molecule has 104 valence electrons. The molecule has 1 aliphatic rings. The Hall–Kier alpha value is -1.46. The molecule has 1 aromatic rings. The molecule has 0 aromatic heterocycles. The summed E-state index contributed by atoms with van der Waals surface area (Å²) in [5.41, 5.74) is 7.26. The number of halogens is 1. The fourth-order valence-corrected chi connectivity index (χ4v) is 2.59. The van der Waals surface area contributed by atoms with Gasteiger partial charge < -0.3 is 20.6 Å². The molecule has 0 bridgehead atoms. The first-order chi connectivity index (χ1) is 9.01. The van der Waals surface area contributed by atoms with Crippen LogP contribution in [0.2, 0.25) is 5.02 Å². The first kappa shape index (κ1) is 14.0. The molecular formula is C13H18ClN3O2. The van der Waals surface area contributed by atoms with Gasteiger partial charge in [-0.3, -0.25) is 0 Å². The van der Waals surface area contributed by atoms with Gasteiger partial charge in [-0.05, 0) is 32.0 Å². The third-order valence-electron chi connectivity index (χ3n) is 3.10. The molecule has 3 N–H and O–H groups in total. The zero-order chi connectivity index (χ0) is 14.0. The van der Waals surface area contributed by atoms with Crippen LogP contribution in [-0.2, 0) is 4.74 Å². The Labute approximate surface area is 117 Å². The van der Waals surface area contributed by atoms with E-state index in [1.165, 1.54) is 0 Å². The fraction of sp³-hybridized carbons (Fsp3) is 0.462. The maximum Gasteiger partial charge on any atom is 0.172 e. The second-order valence-corrected chi connectivity index (χ2v) is 5.25. The molecule has 1 saturated heterocycles. The van der Waals surface area contributed by atoms with E-state index in [4.69, 9.17) is 27.3 Å². The smallest absolute Gasteiger partial charge is 0.172 e. The monoisotopic (exact) mass is 283 g/mol. The SMILES string of the molecule is CC1CN(c2ccc(Cl)cc2C(N)=NO)CC(C)O1. The lowest BCUT2D eigenvalue weighted by atomic mass is 10.1. The van der Waals surface area contributed by atoms with E-state index in [0.29, 0.717) is 10.6 Å². The van der Waals surface area contributed by atoms with Crippen molar-refractivity contribution in [1.82, 2.24) is 0 Å². The summed E-state index contributed by atoms with van der Waals surface area (Å²) in [6.07, 6.45) is 0.277. The average molecular weight is 284 g/mol. The van der Waals surface area contributed by atoms with Crippen molar-refractivity contribution in [3.63, 3.8) is 0 Å². The Bertz CT molecular complexity index is 483. The summed E-state index contributed by atoms with van der Waals surface area (Å²) < 4.78 is 5.71.